The highest BCUT2D eigenvalue weighted by Crippen LogP contribution is 2.42. The Morgan fingerprint density at radius 2 is 1.81 bits per heavy atom. The van der Waals surface area contributed by atoms with Gasteiger partial charge in [-0.25, -0.2) is 4.98 Å². The number of nitrogens with one attached hydrogen (secondary N) is 1. The average molecular weight is 448 g/mol. The molecule has 1 fully saturated rings. The largest absolute Gasteiger partial charge is 0.331 e. The molecule has 2 heterocycles. The number of hydrogen-bond acceptors (Lipinski definition) is 6. The molecule has 0 bridgehead atoms. The van der Waals surface area contributed by atoms with Crippen LogP contribution in [0.5, 0.6) is 0 Å². The number of fused-ring (bicyclic) bond motifs is 1. The number of nitro benzene ring substituents is 1. The molecule has 0 radical (unpaired) electrons. The predicted octanol–water partition coefficient (Wildman–Crippen LogP) is 5.88. The van der Waals surface area contributed by atoms with Gasteiger partial charge in [0.1, 0.15) is 22.7 Å². The molecule has 164 valence electrons. The lowest BCUT2D eigenvalue weighted by atomic mass is 10.1. The number of nitrogens with zero attached hydrogens (tertiary/aromatic N) is 4. The summed E-state index contributed by atoms with van der Waals surface area (Å²) < 4.78 is 2.34. The monoisotopic (exact) mass is 447 g/mol. The lowest BCUT2D eigenvalue weighted by molar-refractivity contribution is -0.384. The fraction of sp³-hybridized carbons (Fsp3) is 0.333. The standard InChI is InChI=1S/C24H25N5O2S/c30-29(31)20-12-10-18(11-13-20)15-32-24-21-23(25-16-26-24)28(14-17-6-2-1-3-7-17)22(27-21)19-8-4-5-9-19/h1-3,6-7,10-13,16,19,24H,4-5,8-9,14-15H2,(H,25,26). The summed E-state index contributed by atoms with van der Waals surface area (Å²) in [5.74, 6) is 3.40. The van der Waals surface area contributed by atoms with Gasteiger partial charge in [-0.15, -0.1) is 11.8 Å². The Hall–Kier alpha value is -3.13. The van der Waals surface area contributed by atoms with Crippen LogP contribution >= 0.6 is 11.8 Å². The Balaban J connectivity index is 1.40. The van der Waals surface area contributed by atoms with Gasteiger partial charge in [-0.1, -0.05) is 55.3 Å². The van der Waals surface area contributed by atoms with Crippen LogP contribution in [0, 0.1) is 10.1 Å². The van der Waals surface area contributed by atoms with Crippen LogP contribution in [0.1, 0.15) is 59.6 Å². The average Bonchev–Trinajstić information content (AvgIpc) is 3.47. The topological polar surface area (TPSA) is 85.3 Å². The number of benzene rings is 2. The van der Waals surface area contributed by atoms with Crippen LogP contribution in [0.2, 0.25) is 0 Å². The Morgan fingerprint density at radius 3 is 2.53 bits per heavy atom. The van der Waals surface area contributed by atoms with E-state index in [0.29, 0.717) is 11.7 Å². The third kappa shape index (κ3) is 4.27. The fourth-order valence-corrected chi connectivity index (χ4v) is 5.49. The molecule has 5 rings (SSSR count). The van der Waals surface area contributed by atoms with Crippen molar-refractivity contribution in [3.63, 3.8) is 0 Å². The second-order valence-electron chi connectivity index (χ2n) is 8.27. The molecule has 8 heteroatoms. The molecule has 32 heavy (non-hydrogen) atoms. The maximum Gasteiger partial charge on any atom is 0.269 e. The van der Waals surface area contributed by atoms with Gasteiger partial charge in [-0.05, 0) is 24.0 Å². The van der Waals surface area contributed by atoms with Crippen molar-refractivity contribution in [2.45, 2.75) is 49.3 Å². The summed E-state index contributed by atoms with van der Waals surface area (Å²) in [6.07, 6.45) is 6.67. The van der Waals surface area contributed by atoms with Crippen molar-refractivity contribution in [3.05, 3.63) is 87.4 Å². The van der Waals surface area contributed by atoms with E-state index in [4.69, 9.17) is 4.98 Å². The van der Waals surface area contributed by atoms with Gasteiger partial charge in [0.2, 0.25) is 0 Å². The zero-order chi connectivity index (χ0) is 21.9. The second-order valence-corrected chi connectivity index (χ2v) is 9.33. The van der Waals surface area contributed by atoms with Crippen LogP contribution < -0.4 is 5.32 Å². The number of aliphatic imine (C=N–C) groups is 1. The molecule has 3 aromatic rings. The first-order valence-corrected chi connectivity index (χ1v) is 12.0. The van der Waals surface area contributed by atoms with Gasteiger partial charge in [0, 0.05) is 23.8 Å². The molecular formula is C24H25N5O2S. The highest BCUT2D eigenvalue weighted by atomic mass is 32.2. The van der Waals surface area contributed by atoms with Crippen molar-refractivity contribution in [2.24, 2.45) is 4.99 Å². The summed E-state index contributed by atoms with van der Waals surface area (Å²) in [5, 5.41) is 14.2. The van der Waals surface area contributed by atoms with Crippen LogP contribution in [0.3, 0.4) is 0 Å². The lowest BCUT2D eigenvalue weighted by Gasteiger charge is -2.19. The molecule has 2 aliphatic rings. The van der Waals surface area contributed by atoms with Gasteiger partial charge in [0.05, 0.1) is 17.8 Å². The van der Waals surface area contributed by atoms with E-state index in [2.05, 4.69) is 39.1 Å². The summed E-state index contributed by atoms with van der Waals surface area (Å²) in [4.78, 5) is 20.3. The minimum absolute atomic E-state index is 0.0985. The molecule has 1 unspecified atom stereocenters. The highest BCUT2D eigenvalue weighted by molar-refractivity contribution is 7.98. The molecule has 1 saturated carbocycles. The number of imidazole rings is 1. The van der Waals surface area contributed by atoms with Crippen LogP contribution in [0.4, 0.5) is 11.5 Å². The molecule has 2 aromatic carbocycles. The summed E-state index contributed by atoms with van der Waals surface area (Å²) >= 11 is 1.69. The van der Waals surface area contributed by atoms with Gasteiger partial charge in [0.25, 0.3) is 5.69 Å². The summed E-state index contributed by atoms with van der Waals surface area (Å²) in [6, 6.07) is 17.2. The second kappa shape index (κ2) is 9.16. The van der Waals surface area contributed by atoms with Gasteiger partial charge >= 0.3 is 0 Å². The van der Waals surface area contributed by atoms with E-state index in [0.717, 1.165) is 29.4 Å². The smallest absolute Gasteiger partial charge is 0.269 e. The summed E-state index contributed by atoms with van der Waals surface area (Å²) in [5.41, 5.74) is 3.39. The third-order valence-electron chi connectivity index (χ3n) is 6.13. The molecule has 7 nitrogen and oxygen atoms in total. The summed E-state index contributed by atoms with van der Waals surface area (Å²) in [6.45, 7) is 0.787. The maximum atomic E-state index is 10.9. The Labute approximate surface area is 191 Å². The molecule has 1 atom stereocenters. The minimum Gasteiger partial charge on any atom is -0.331 e. The number of rotatable bonds is 7. The van der Waals surface area contributed by atoms with Crippen molar-refractivity contribution >= 4 is 29.6 Å². The molecule has 1 aliphatic carbocycles. The quantitative estimate of drug-likeness (QED) is 0.361. The molecule has 0 amide bonds. The van der Waals surface area contributed by atoms with Crippen molar-refractivity contribution in [1.29, 1.82) is 0 Å². The number of anilines is 1. The third-order valence-corrected chi connectivity index (χ3v) is 7.29. The van der Waals surface area contributed by atoms with Gasteiger partial charge in [-0.2, -0.15) is 0 Å². The highest BCUT2D eigenvalue weighted by Gasteiger charge is 2.30. The Kier molecular flexibility index (Phi) is 5.94. The summed E-state index contributed by atoms with van der Waals surface area (Å²) in [7, 11) is 0. The van der Waals surface area contributed by atoms with E-state index in [1.54, 1.807) is 30.2 Å². The first kappa shape index (κ1) is 20.8. The van der Waals surface area contributed by atoms with Crippen LogP contribution in [-0.4, -0.2) is 20.8 Å². The lowest BCUT2D eigenvalue weighted by Crippen LogP contribution is -2.14. The predicted molar refractivity (Wildman–Crippen MR) is 128 cm³/mol. The maximum absolute atomic E-state index is 10.9. The van der Waals surface area contributed by atoms with Crippen LogP contribution in [-0.2, 0) is 12.3 Å². The molecule has 0 saturated heterocycles. The zero-order valence-corrected chi connectivity index (χ0v) is 18.5. The van der Waals surface area contributed by atoms with Crippen LogP contribution in [0.25, 0.3) is 0 Å². The Morgan fingerprint density at radius 1 is 1.06 bits per heavy atom. The van der Waals surface area contributed by atoms with E-state index in [9.17, 15) is 10.1 Å². The van der Waals surface area contributed by atoms with Gasteiger partial charge in [-0.3, -0.25) is 15.1 Å². The number of thioether (sulfide) groups is 1. The number of hydrogen-bond donors (Lipinski definition) is 1. The number of nitro groups is 1. The molecule has 1 aliphatic heterocycles. The van der Waals surface area contributed by atoms with E-state index in [1.165, 1.54) is 31.2 Å². The van der Waals surface area contributed by atoms with Crippen LogP contribution in [0.15, 0.2) is 59.6 Å². The van der Waals surface area contributed by atoms with E-state index in [-0.39, 0.29) is 16.0 Å². The Bertz CT molecular complexity index is 1120. The van der Waals surface area contributed by atoms with E-state index < -0.39 is 0 Å². The van der Waals surface area contributed by atoms with E-state index >= 15 is 0 Å². The first-order valence-electron chi connectivity index (χ1n) is 11.0. The SMILES string of the molecule is O=[N+]([O-])c1ccc(CSC2N=CNc3c2nc(C2CCCC2)n3Cc2ccccc2)cc1. The van der Waals surface area contributed by atoms with Crippen molar-refractivity contribution in [2.75, 3.05) is 5.32 Å². The fourth-order valence-electron chi connectivity index (χ4n) is 4.48. The van der Waals surface area contributed by atoms with Gasteiger partial charge in [0.15, 0.2) is 0 Å². The normalized spacial score (nSPS) is 17.8. The van der Waals surface area contributed by atoms with Crippen molar-refractivity contribution in [3.8, 4) is 0 Å². The first-order chi connectivity index (χ1) is 15.7. The van der Waals surface area contributed by atoms with Crippen molar-refractivity contribution < 1.29 is 4.92 Å². The van der Waals surface area contributed by atoms with E-state index in [1.807, 2.05) is 18.2 Å². The zero-order valence-electron chi connectivity index (χ0n) is 17.7. The molecule has 1 N–H and O–H groups in total. The minimum atomic E-state index is -0.371. The van der Waals surface area contributed by atoms with Gasteiger partial charge < -0.3 is 9.88 Å². The van der Waals surface area contributed by atoms with Crippen molar-refractivity contribution in [1.82, 2.24) is 9.55 Å². The number of non-ortho nitro benzene ring substituents is 1. The molecule has 0 spiro atoms. The molecular weight excluding hydrogens is 422 g/mol. The molecule has 1 aromatic heterocycles. The number of aromatic nitrogens is 2.